The predicted octanol–water partition coefficient (Wildman–Crippen LogP) is 5.01. The van der Waals surface area contributed by atoms with Crippen molar-refractivity contribution in [2.45, 2.75) is 27.0 Å². The minimum absolute atomic E-state index is 0.242. The zero-order valence-corrected chi connectivity index (χ0v) is 20.1. The summed E-state index contributed by atoms with van der Waals surface area (Å²) in [6.45, 7) is 4.79. The maximum absolute atomic E-state index is 12.6. The molecule has 1 aromatic heterocycles. The van der Waals surface area contributed by atoms with Crippen LogP contribution in [-0.4, -0.2) is 32.6 Å². The van der Waals surface area contributed by atoms with E-state index in [1.54, 1.807) is 28.9 Å². The highest BCUT2D eigenvalue weighted by Gasteiger charge is 2.36. The van der Waals surface area contributed by atoms with Crippen molar-refractivity contribution in [1.29, 1.82) is 0 Å². The molecule has 1 atom stereocenters. The lowest BCUT2D eigenvalue weighted by molar-refractivity contribution is -0.135. The first-order chi connectivity index (χ1) is 17.4. The Kier molecular flexibility index (Phi) is 6.08. The number of ether oxygens (including phenoxy) is 2. The maximum atomic E-state index is 12.6. The average molecular weight is 481 g/mol. The first kappa shape index (κ1) is 23.0. The molecule has 0 saturated carbocycles. The lowest BCUT2D eigenvalue weighted by Gasteiger charge is -2.19. The summed E-state index contributed by atoms with van der Waals surface area (Å²) in [6, 6.07) is 24.6. The number of hydrogen-bond acceptors (Lipinski definition) is 6. The standard InChI is InChI=1S/C28H24N4O4/c1-18-12-14-21(15-13-18)26-25(17-31(29-26)23-9-5-4-6-10-23)28-32(19(2)33)30-27(36-28)22-8-7-11-24(16-22)35-20(3)34/h4-17,28H,1-3H3. The predicted molar refractivity (Wildman–Crippen MR) is 134 cm³/mol. The largest absolute Gasteiger partial charge is 0.446 e. The molecule has 1 amide bonds. The molecule has 3 aromatic carbocycles. The Hall–Kier alpha value is -4.72. The number of para-hydroxylation sites is 1. The van der Waals surface area contributed by atoms with Gasteiger partial charge in [-0.25, -0.2) is 4.68 Å². The first-order valence-electron chi connectivity index (χ1n) is 11.4. The molecule has 0 N–H and O–H groups in total. The molecule has 0 aliphatic carbocycles. The van der Waals surface area contributed by atoms with Crippen LogP contribution in [0.25, 0.3) is 16.9 Å². The number of carbonyl (C=O) groups is 2. The van der Waals surface area contributed by atoms with Crippen LogP contribution in [0.5, 0.6) is 5.75 Å². The second kappa shape index (κ2) is 9.50. The highest BCUT2D eigenvalue weighted by molar-refractivity contribution is 5.97. The summed E-state index contributed by atoms with van der Waals surface area (Å²) in [4.78, 5) is 24.0. The number of hydrazone groups is 1. The summed E-state index contributed by atoms with van der Waals surface area (Å²) in [7, 11) is 0. The van der Waals surface area contributed by atoms with Gasteiger partial charge in [0.1, 0.15) is 11.4 Å². The van der Waals surface area contributed by atoms with Crippen LogP contribution in [0.15, 0.2) is 90.2 Å². The van der Waals surface area contributed by atoms with Gasteiger partial charge in [-0.05, 0) is 37.3 Å². The van der Waals surface area contributed by atoms with Gasteiger partial charge in [-0.15, -0.1) is 5.10 Å². The van der Waals surface area contributed by atoms with Crippen LogP contribution in [0.3, 0.4) is 0 Å². The molecule has 1 unspecified atom stereocenters. The van der Waals surface area contributed by atoms with E-state index in [4.69, 9.17) is 14.6 Å². The van der Waals surface area contributed by atoms with Gasteiger partial charge in [0.25, 0.3) is 0 Å². The van der Waals surface area contributed by atoms with Crippen molar-refractivity contribution in [1.82, 2.24) is 14.8 Å². The van der Waals surface area contributed by atoms with Gasteiger partial charge in [0.15, 0.2) is 0 Å². The highest BCUT2D eigenvalue weighted by atomic mass is 16.5. The minimum atomic E-state index is -0.830. The van der Waals surface area contributed by atoms with Crippen molar-refractivity contribution < 1.29 is 19.1 Å². The fourth-order valence-corrected chi connectivity index (χ4v) is 3.96. The van der Waals surface area contributed by atoms with E-state index in [9.17, 15) is 9.59 Å². The average Bonchev–Trinajstić information content (AvgIpc) is 3.50. The van der Waals surface area contributed by atoms with Crippen LogP contribution in [0.4, 0.5) is 0 Å². The molecule has 8 nitrogen and oxygen atoms in total. The zero-order valence-electron chi connectivity index (χ0n) is 20.1. The number of esters is 1. The molecule has 36 heavy (non-hydrogen) atoms. The van der Waals surface area contributed by atoms with E-state index < -0.39 is 12.2 Å². The topological polar surface area (TPSA) is 86.0 Å². The third-order valence-electron chi connectivity index (χ3n) is 5.66. The van der Waals surface area contributed by atoms with Crippen molar-refractivity contribution >= 4 is 17.8 Å². The molecule has 0 saturated heterocycles. The maximum Gasteiger partial charge on any atom is 0.308 e. The van der Waals surface area contributed by atoms with Crippen LogP contribution in [-0.2, 0) is 14.3 Å². The van der Waals surface area contributed by atoms with E-state index in [-0.39, 0.29) is 11.8 Å². The van der Waals surface area contributed by atoms with Gasteiger partial charge < -0.3 is 9.47 Å². The number of nitrogens with zero attached hydrogens (tertiary/aromatic N) is 4. The van der Waals surface area contributed by atoms with E-state index >= 15 is 0 Å². The summed E-state index contributed by atoms with van der Waals surface area (Å²) in [5.74, 6) is -0.109. The second-order valence-electron chi connectivity index (χ2n) is 8.44. The van der Waals surface area contributed by atoms with E-state index in [0.717, 1.165) is 16.8 Å². The van der Waals surface area contributed by atoms with Crippen molar-refractivity contribution in [3.63, 3.8) is 0 Å². The summed E-state index contributed by atoms with van der Waals surface area (Å²) in [5.41, 5.74) is 4.84. The summed E-state index contributed by atoms with van der Waals surface area (Å²) in [5, 5.41) is 10.6. The molecule has 180 valence electrons. The van der Waals surface area contributed by atoms with Crippen LogP contribution >= 0.6 is 0 Å². The highest BCUT2D eigenvalue weighted by Crippen LogP contribution is 2.37. The lowest BCUT2D eigenvalue weighted by Crippen LogP contribution is -2.25. The van der Waals surface area contributed by atoms with Crippen LogP contribution in [0.2, 0.25) is 0 Å². The van der Waals surface area contributed by atoms with Gasteiger partial charge in [-0.1, -0.05) is 54.1 Å². The molecule has 1 aliphatic heterocycles. The Labute approximate surface area is 208 Å². The van der Waals surface area contributed by atoms with E-state index in [0.29, 0.717) is 22.6 Å². The SMILES string of the molecule is CC(=O)Oc1cccc(C2=NN(C(C)=O)C(c3cn(-c4ccccc4)nc3-c3ccc(C)cc3)O2)c1. The van der Waals surface area contributed by atoms with Crippen molar-refractivity contribution in [2.75, 3.05) is 0 Å². The normalized spacial score (nSPS) is 14.8. The number of hydrogen-bond donors (Lipinski definition) is 0. The summed E-state index contributed by atoms with van der Waals surface area (Å²) >= 11 is 0. The fraction of sp³-hybridized carbons (Fsp3) is 0.143. The molecule has 5 rings (SSSR count). The molecule has 0 spiro atoms. The molecule has 0 fully saturated rings. The number of aryl methyl sites for hydroxylation is 1. The van der Waals surface area contributed by atoms with Gasteiger partial charge >= 0.3 is 5.97 Å². The number of aromatic nitrogens is 2. The number of amides is 1. The van der Waals surface area contributed by atoms with Crippen LogP contribution in [0.1, 0.15) is 36.8 Å². The molecule has 4 aromatic rings. The summed E-state index contributed by atoms with van der Waals surface area (Å²) < 4.78 is 13.2. The lowest BCUT2D eigenvalue weighted by atomic mass is 10.1. The van der Waals surface area contributed by atoms with Gasteiger partial charge in [0.2, 0.25) is 18.0 Å². The van der Waals surface area contributed by atoms with Gasteiger partial charge in [0.05, 0.1) is 11.3 Å². The van der Waals surface area contributed by atoms with Gasteiger partial charge in [0, 0.05) is 31.2 Å². The van der Waals surface area contributed by atoms with Crippen molar-refractivity contribution in [3.8, 4) is 22.7 Å². The van der Waals surface area contributed by atoms with Crippen LogP contribution < -0.4 is 4.74 Å². The number of carbonyl (C=O) groups excluding carboxylic acids is 2. The Morgan fingerprint density at radius 3 is 2.36 bits per heavy atom. The summed E-state index contributed by atoms with van der Waals surface area (Å²) in [6.07, 6.45) is 1.03. The Balaban J connectivity index is 1.57. The van der Waals surface area contributed by atoms with E-state index in [1.165, 1.54) is 18.9 Å². The first-order valence-corrected chi connectivity index (χ1v) is 11.4. The minimum Gasteiger partial charge on any atom is -0.446 e. The van der Waals surface area contributed by atoms with Crippen molar-refractivity contribution in [2.24, 2.45) is 5.10 Å². The molecule has 0 bridgehead atoms. The van der Waals surface area contributed by atoms with Gasteiger partial charge in [-0.2, -0.15) is 10.1 Å². The molecular formula is C28H24N4O4. The third kappa shape index (κ3) is 4.61. The quantitative estimate of drug-likeness (QED) is 0.296. The van der Waals surface area contributed by atoms with E-state index in [2.05, 4.69) is 5.10 Å². The fourth-order valence-electron chi connectivity index (χ4n) is 3.96. The monoisotopic (exact) mass is 480 g/mol. The Morgan fingerprint density at radius 1 is 0.917 bits per heavy atom. The van der Waals surface area contributed by atoms with Crippen molar-refractivity contribution in [3.05, 3.63) is 102 Å². The third-order valence-corrected chi connectivity index (χ3v) is 5.66. The molecule has 1 aliphatic rings. The smallest absolute Gasteiger partial charge is 0.308 e. The number of rotatable bonds is 5. The van der Waals surface area contributed by atoms with E-state index in [1.807, 2.05) is 67.7 Å². The molecular weight excluding hydrogens is 456 g/mol. The van der Waals surface area contributed by atoms with Crippen LogP contribution in [0, 0.1) is 6.92 Å². The second-order valence-corrected chi connectivity index (χ2v) is 8.44. The molecule has 2 heterocycles. The number of benzene rings is 3. The molecule has 8 heteroatoms. The van der Waals surface area contributed by atoms with Gasteiger partial charge in [-0.3, -0.25) is 9.59 Å². The Bertz CT molecular complexity index is 1460. The zero-order chi connectivity index (χ0) is 25.2. The molecule has 0 radical (unpaired) electrons. The Morgan fingerprint density at radius 2 is 1.67 bits per heavy atom.